The molecule has 0 aliphatic rings. The number of halogens is 3. The molecule has 3 rings (SSSR count). The van der Waals surface area contributed by atoms with Crippen LogP contribution in [-0.4, -0.2) is 20.2 Å². The van der Waals surface area contributed by atoms with E-state index in [1.165, 1.54) is 16.8 Å². The summed E-state index contributed by atoms with van der Waals surface area (Å²) in [6, 6.07) is 9.74. The van der Waals surface area contributed by atoms with Gasteiger partial charge >= 0.3 is 0 Å². The Balaban J connectivity index is 2.14. The average Bonchev–Trinajstić information content (AvgIpc) is 2.91. The van der Waals surface area contributed by atoms with Crippen LogP contribution in [0.4, 0.5) is 10.1 Å². The van der Waals surface area contributed by atoms with E-state index in [2.05, 4.69) is 47.4 Å². The molecule has 21 heavy (non-hydrogen) atoms. The summed E-state index contributed by atoms with van der Waals surface area (Å²) < 4.78 is 16.1. The zero-order valence-corrected chi connectivity index (χ0v) is 13.6. The minimum Gasteiger partial charge on any atom is -0.398 e. The van der Waals surface area contributed by atoms with E-state index in [9.17, 15) is 4.39 Å². The van der Waals surface area contributed by atoms with Crippen LogP contribution < -0.4 is 5.73 Å². The first-order valence-corrected chi connectivity index (χ1v) is 7.44. The second-order valence-corrected chi connectivity index (χ2v) is 5.95. The molecule has 0 bridgehead atoms. The Bertz CT molecular complexity index is 818. The van der Waals surface area contributed by atoms with Crippen LogP contribution in [0, 0.1) is 5.82 Å². The van der Waals surface area contributed by atoms with Crippen molar-refractivity contribution in [2.45, 2.75) is 0 Å². The number of nitrogens with zero attached hydrogens (tertiary/aromatic N) is 4. The van der Waals surface area contributed by atoms with E-state index in [1.807, 2.05) is 12.1 Å². The molecule has 2 aromatic carbocycles. The quantitative estimate of drug-likeness (QED) is 0.653. The molecule has 1 aromatic heterocycles. The summed E-state index contributed by atoms with van der Waals surface area (Å²) in [5, 5.41) is 11.7. The fraction of sp³-hybridized carbons (Fsp3) is 0. The predicted molar refractivity (Wildman–Crippen MR) is 84.4 cm³/mol. The van der Waals surface area contributed by atoms with Crippen molar-refractivity contribution in [1.82, 2.24) is 20.2 Å². The highest BCUT2D eigenvalue weighted by Crippen LogP contribution is 2.29. The van der Waals surface area contributed by atoms with Gasteiger partial charge in [-0.25, -0.2) is 4.39 Å². The number of aromatic nitrogens is 4. The molecule has 0 saturated carbocycles. The summed E-state index contributed by atoms with van der Waals surface area (Å²) in [5.41, 5.74) is 7.86. The molecule has 106 valence electrons. The van der Waals surface area contributed by atoms with Crippen molar-refractivity contribution >= 4 is 37.5 Å². The van der Waals surface area contributed by atoms with Crippen molar-refractivity contribution in [2.24, 2.45) is 0 Å². The normalized spacial score (nSPS) is 10.8. The van der Waals surface area contributed by atoms with E-state index in [0.717, 1.165) is 10.0 Å². The van der Waals surface area contributed by atoms with Gasteiger partial charge in [0.25, 0.3) is 0 Å². The van der Waals surface area contributed by atoms with Gasteiger partial charge in [-0.3, -0.25) is 0 Å². The Morgan fingerprint density at radius 3 is 2.57 bits per heavy atom. The van der Waals surface area contributed by atoms with Crippen molar-refractivity contribution in [3.8, 4) is 17.1 Å². The standard InChI is InChI=1S/C13H8Br2FN5/c14-9-3-1-7(5-11(9)17)13-18-19-20-21(13)12-4-2-8(16)6-10(12)15/h1-6H,17H2. The highest BCUT2D eigenvalue weighted by Gasteiger charge is 2.14. The summed E-state index contributed by atoms with van der Waals surface area (Å²) in [6.07, 6.45) is 0. The third-order valence-electron chi connectivity index (χ3n) is 2.86. The van der Waals surface area contributed by atoms with Crippen LogP contribution in [0.2, 0.25) is 0 Å². The van der Waals surface area contributed by atoms with E-state index in [0.29, 0.717) is 21.7 Å². The molecule has 1 heterocycles. The lowest BCUT2D eigenvalue weighted by Gasteiger charge is -2.08. The Morgan fingerprint density at radius 1 is 1.05 bits per heavy atom. The van der Waals surface area contributed by atoms with Gasteiger partial charge in [0.05, 0.1) is 5.69 Å². The second-order valence-electron chi connectivity index (χ2n) is 4.25. The summed E-state index contributed by atoms with van der Waals surface area (Å²) in [5.74, 6) is 0.176. The smallest absolute Gasteiger partial charge is 0.187 e. The minimum atomic E-state index is -0.340. The third-order valence-corrected chi connectivity index (χ3v) is 4.22. The van der Waals surface area contributed by atoms with Crippen molar-refractivity contribution in [1.29, 1.82) is 0 Å². The van der Waals surface area contributed by atoms with Crippen LogP contribution >= 0.6 is 31.9 Å². The number of tetrazole rings is 1. The molecule has 0 aliphatic heterocycles. The highest BCUT2D eigenvalue weighted by atomic mass is 79.9. The molecule has 5 nitrogen and oxygen atoms in total. The van der Waals surface area contributed by atoms with Crippen molar-refractivity contribution in [3.63, 3.8) is 0 Å². The van der Waals surface area contributed by atoms with Gasteiger partial charge in [0.1, 0.15) is 5.82 Å². The topological polar surface area (TPSA) is 69.6 Å². The Labute approximate surface area is 136 Å². The highest BCUT2D eigenvalue weighted by molar-refractivity contribution is 9.11. The summed E-state index contributed by atoms with van der Waals surface area (Å²) in [4.78, 5) is 0. The number of anilines is 1. The summed E-state index contributed by atoms with van der Waals surface area (Å²) >= 11 is 6.66. The van der Waals surface area contributed by atoms with Gasteiger partial charge in [-0.2, -0.15) is 4.68 Å². The number of hydrogen-bond acceptors (Lipinski definition) is 4. The predicted octanol–water partition coefficient (Wildman–Crippen LogP) is 3.58. The number of benzene rings is 2. The molecule has 0 unspecified atom stereocenters. The van der Waals surface area contributed by atoms with E-state index in [1.54, 1.807) is 12.1 Å². The van der Waals surface area contributed by atoms with Crippen molar-refractivity contribution in [2.75, 3.05) is 5.73 Å². The summed E-state index contributed by atoms with van der Waals surface area (Å²) in [7, 11) is 0. The lowest BCUT2D eigenvalue weighted by Crippen LogP contribution is -2.01. The fourth-order valence-corrected chi connectivity index (χ4v) is 2.63. The fourth-order valence-electron chi connectivity index (χ4n) is 1.87. The lowest BCUT2D eigenvalue weighted by atomic mass is 10.2. The van der Waals surface area contributed by atoms with Gasteiger partial charge in [-0.1, -0.05) is 0 Å². The first-order valence-electron chi connectivity index (χ1n) is 5.85. The van der Waals surface area contributed by atoms with E-state index in [-0.39, 0.29) is 5.82 Å². The number of nitrogen functional groups attached to an aromatic ring is 1. The molecule has 0 radical (unpaired) electrons. The first-order chi connectivity index (χ1) is 10.1. The van der Waals surface area contributed by atoms with Crippen molar-refractivity contribution in [3.05, 3.63) is 51.2 Å². The van der Waals surface area contributed by atoms with Crippen molar-refractivity contribution < 1.29 is 4.39 Å². The van der Waals surface area contributed by atoms with Crippen LogP contribution in [0.1, 0.15) is 0 Å². The van der Waals surface area contributed by atoms with E-state index < -0.39 is 0 Å². The molecule has 2 N–H and O–H groups in total. The molecule has 0 aliphatic carbocycles. The number of rotatable bonds is 2. The van der Waals surface area contributed by atoms with Crippen LogP contribution in [0.5, 0.6) is 0 Å². The Kier molecular flexibility index (Phi) is 3.73. The third kappa shape index (κ3) is 2.68. The van der Waals surface area contributed by atoms with E-state index in [4.69, 9.17) is 5.73 Å². The molecule has 8 heteroatoms. The molecule has 0 saturated heterocycles. The molecule has 0 atom stereocenters. The molecular formula is C13H8Br2FN5. The van der Waals surface area contributed by atoms with Crippen LogP contribution in [0.3, 0.4) is 0 Å². The van der Waals surface area contributed by atoms with Gasteiger partial charge < -0.3 is 5.73 Å². The maximum atomic E-state index is 13.2. The number of nitrogens with two attached hydrogens (primary N) is 1. The average molecular weight is 413 g/mol. The van der Waals surface area contributed by atoms with Gasteiger partial charge in [-0.05, 0) is 78.7 Å². The van der Waals surface area contributed by atoms with Gasteiger partial charge in [0.2, 0.25) is 0 Å². The second kappa shape index (κ2) is 5.53. The van der Waals surface area contributed by atoms with Crippen LogP contribution in [0.25, 0.3) is 17.1 Å². The molecule has 0 amide bonds. The van der Waals surface area contributed by atoms with Gasteiger partial charge in [0.15, 0.2) is 5.82 Å². The van der Waals surface area contributed by atoms with Gasteiger partial charge in [0, 0.05) is 20.2 Å². The lowest BCUT2D eigenvalue weighted by molar-refractivity contribution is 0.625. The number of hydrogen-bond donors (Lipinski definition) is 1. The molecule has 3 aromatic rings. The molecule has 0 fully saturated rings. The minimum absolute atomic E-state index is 0.340. The monoisotopic (exact) mass is 411 g/mol. The van der Waals surface area contributed by atoms with Gasteiger partial charge in [-0.15, -0.1) is 5.10 Å². The zero-order chi connectivity index (χ0) is 15.0. The first kappa shape index (κ1) is 14.2. The largest absolute Gasteiger partial charge is 0.398 e. The SMILES string of the molecule is Nc1cc(-c2nnnn2-c2ccc(F)cc2Br)ccc1Br. The zero-order valence-electron chi connectivity index (χ0n) is 10.5. The maximum Gasteiger partial charge on any atom is 0.187 e. The Morgan fingerprint density at radius 2 is 1.86 bits per heavy atom. The molecule has 0 spiro atoms. The van der Waals surface area contributed by atoms with Crippen LogP contribution in [0.15, 0.2) is 45.3 Å². The maximum absolute atomic E-state index is 13.2. The van der Waals surface area contributed by atoms with E-state index >= 15 is 0 Å². The molecular weight excluding hydrogens is 405 g/mol. The Hall–Kier alpha value is -1.80. The van der Waals surface area contributed by atoms with Crippen LogP contribution in [-0.2, 0) is 0 Å². The summed E-state index contributed by atoms with van der Waals surface area (Å²) in [6.45, 7) is 0.